The first-order chi connectivity index (χ1) is 8.48. The van der Waals surface area contributed by atoms with Gasteiger partial charge in [-0.2, -0.15) is 0 Å². The predicted molar refractivity (Wildman–Crippen MR) is 75.9 cm³/mol. The highest BCUT2D eigenvalue weighted by molar-refractivity contribution is 5.29. The van der Waals surface area contributed by atoms with Crippen LogP contribution in [-0.2, 0) is 0 Å². The number of rotatable bonds is 6. The quantitative estimate of drug-likeness (QED) is 0.838. The van der Waals surface area contributed by atoms with E-state index in [4.69, 9.17) is 4.74 Å². The minimum absolute atomic E-state index is 0.251. The van der Waals surface area contributed by atoms with Crippen molar-refractivity contribution in [2.45, 2.75) is 46.6 Å². The summed E-state index contributed by atoms with van der Waals surface area (Å²) in [7, 11) is 1.70. The molecule has 1 aromatic rings. The number of hydrogen-bond acceptors (Lipinski definition) is 3. The SMILES string of the molecule is CCCNC(CC(C)(C)C)c1ncccc1OC. The van der Waals surface area contributed by atoms with Gasteiger partial charge in [-0.15, -0.1) is 0 Å². The molecule has 0 spiro atoms. The van der Waals surface area contributed by atoms with Crippen molar-refractivity contribution in [1.82, 2.24) is 10.3 Å². The lowest BCUT2D eigenvalue weighted by molar-refractivity contribution is 0.300. The fourth-order valence-electron chi connectivity index (χ4n) is 2.03. The Morgan fingerprint density at radius 2 is 2.11 bits per heavy atom. The smallest absolute Gasteiger partial charge is 0.141 e. The van der Waals surface area contributed by atoms with E-state index in [9.17, 15) is 0 Å². The summed E-state index contributed by atoms with van der Waals surface area (Å²) in [5.74, 6) is 0.871. The highest BCUT2D eigenvalue weighted by Crippen LogP contribution is 2.32. The topological polar surface area (TPSA) is 34.2 Å². The van der Waals surface area contributed by atoms with E-state index in [0.29, 0.717) is 0 Å². The van der Waals surface area contributed by atoms with E-state index in [1.807, 2.05) is 18.3 Å². The molecule has 0 aliphatic rings. The number of pyridine rings is 1. The molecule has 3 nitrogen and oxygen atoms in total. The second-order valence-corrected chi connectivity index (χ2v) is 5.86. The fourth-order valence-corrected chi connectivity index (χ4v) is 2.03. The molecule has 1 aromatic heterocycles. The molecule has 1 atom stereocenters. The van der Waals surface area contributed by atoms with Crippen molar-refractivity contribution in [2.24, 2.45) is 5.41 Å². The summed E-state index contributed by atoms with van der Waals surface area (Å²) < 4.78 is 5.42. The number of aromatic nitrogens is 1. The molecule has 0 saturated heterocycles. The summed E-state index contributed by atoms with van der Waals surface area (Å²) in [6.07, 6.45) is 4.00. The Hall–Kier alpha value is -1.09. The van der Waals surface area contributed by atoms with Crippen molar-refractivity contribution in [1.29, 1.82) is 0 Å². The molecule has 0 fully saturated rings. The number of hydrogen-bond donors (Lipinski definition) is 1. The molecule has 0 saturated carbocycles. The van der Waals surface area contributed by atoms with Gasteiger partial charge in [0.1, 0.15) is 5.75 Å². The second kappa shape index (κ2) is 6.74. The van der Waals surface area contributed by atoms with Crippen LogP contribution < -0.4 is 10.1 Å². The molecule has 102 valence electrons. The maximum Gasteiger partial charge on any atom is 0.141 e. The van der Waals surface area contributed by atoms with Crippen LogP contribution in [0.3, 0.4) is 0 Å². The molecule has 1 unspecified atom stereocenters. The zero-order chi connectivity index (χ0) is 13.6. The van der Waals surface area contributed by atoms with Gasteiger partial charge in [0.05, 0.1) is 18.8 Å². The van der Waals surface area contributed by atoms with E-state index in [1.165, 1.54) is 0 Å². The molecular weight excluding hydrogens is 224 g/mol. The highest BCUT2D eigenvalue weighted by atomic mass is 16.5. The lowest BCUT2D eigenvalue weighted by Crippen LogP contribution is -2.27. The zero-order valence-corrected chi connectivity index (χ0v) is 12.3. The normalized spacial score (nSPS) is 13.4. The van der Waals surface area contributed by atoms with Crippen LogP contribution in [0.1, 0.15) is 52.3 Å². The molecule has 0 bridgehead atoms. The van der Waals surface area contributed by atoms with E-state index in [-0.39, 0.29) is 11.5 Å². The summed E-state index contributed by atoms with van der Waals surface area (Å²) in [5, 5.41) is 3.57. The van der Waals surface area contributed by atoms with Gasteiger partial charge >= 0.3 is 0 Å². The van der Waals surface area contributed by atoms with Crippen LogP contribution in [0.15, 0.2) is 18.3 Å². The van der Waals surface area contributed by atoms with Gasteiger partial charge in [-0.1, -0.05) is 27.7 Å². The zero-order valence-electron chi connectivity index (χ0n) is 12.3. The van der Waals surface area contributed by atoms with Crippen LogP contribution in [0, 0.1) is 5.41 Å². The van der Waals surface area contributed by atoms with E-state index >= 15 is 0 Å². The largest absolute Gasteiger partial charge is 0.495 e. The third-order valence-electron chi connectivity index (χ3n) is 2.81. The van der Waals surface area contributed by atoms with Crippen molar-refractivity contribution < 1.29 is 4.74 Å². The van der Waals surface area contributed by atoms with Gasteiger partial charge in [-0.3, -0.25) is 4.98 Å². The monoisotopic (exact) mass is 250 g/mol. The van der Waals surface area contributed by atoms with Crippen LogP contribution in [0.5, 0.6) is 5.75 Å². The second-order valence-electron chi connectivity index (χ2n) is 5.86. The Morgan fingerprint density at radius 3 is 2.67 bits per heavy atom. The molecule has 0 aliphatic carbocycles. The maximum absolute atomic E-state index is 5.42. The fraction of sp³-hybridized carbons (Fsp3) is 0.667. The Bertz CT molecular complexity index is 358. The van der Waals surface area contributed by atoms with E-state index in [2.05, 4.69) is 38.0 Å². The van der Waals surface area contributed by atoms with E-state index in [0.717, 1.165) is 30.8 Å². The molecule has 0 aromatic carbocycles. The summed E-state index contributed by atoms with van der Waals surface area (Å²) in [6.45, 7) is 9.94. The Balaban J connectivity index is 2.93. The van der Waals surface area contributed by atoms with Crippen LogP contribution in [-0.4, -0.2) is 18.6 Å². The van der Waals surface area contributed by atoms with Gasteiger partial charge < -0.3 is 10.1 Å². The first kappa shape index (κ1) is 15.0. The number of methoxy groups -OCH3 is 1. The van der Waals surface area contributed by atoms with Crippen LogP contribution >= 0.6 is 0 Å². The molecule has 0 amide bonds. The molecule has 1 N–H and O–H groups in total. The Kier molecular flexibility index (Phi) is 5.60. The summed E-state index contributed by atoms with van der Waals surface area (Å²) in [5.41, 5.74) is 1.27. The number of ether oxygens (including phenoxy) is 1. The first-order valence-electron chi connectivity index (χ1n) is 6.70. The average molecular weight is 250 g/mol. The minimum Gasteiger partial charge on any atom is -0.495 e. The molecule has 1 heterocycles. The Labute approximate surface area is 111 Å². The minimum atomic E-state index is 0.251. The van der Waals surface area contributed by atoms with Gasteiger partial charge in [0.25, 0.3) is 0 Å². The van der Waals surface area contributed by atoms with Gasteiger partial charge in [-0.05, 0) is 36.9 Å². The predicted octanol–water partition coefficient (Wildman–Crippen LogP) is 3.57. The number of nitrogens with one attached hydrogen (secondary N) is 1. The van der Waals surface area contributed by atoms with Crippen LogP contribution in [0.25, 0.3) is 0 Å². The molecule has 3 heteroatoms. The number of nitrogens with zero attached hydrogens (tertiary/aromatic N) is 1. The van der Waals surface area contributed by atoms with E-state index in [1.54, 1.807) is 7.11 Å². The summed E-state index contributed by atoms with van der Waals surface area (Å²) in [4.78, 5) is 4.50. The Morgan fingerprint density at radius 1 is 1.39 bits per heavy atom. The van der Waals surface area contributed by atoms with Crippen molar-refractivity contribution in [3.63, 3.8) is 0 Å². The summed E-state index contributed by atoms with van der Waals surface area (Å²) in [6, 6.07) is 4.14. The van der Waals surface area contributed by atoms with Crippen molar-refractivity contribution >= 4 is 0 Å². The lowest BCUT2D eigenvalue weighted by atomic mass is 9.86. The molecule has 0 radical (unpaired) electrons. The standard InChI is InChI=1S/C15H26N2O/c1-6-9-16-12(11-15(2,3)4)14-13(18-5)8-7-10-17-14/h7-8,10,12,16H,6,9,11H2,1-5H3. The van der Waals surface area contributed by atoms with Gasteiger partial charge in [0.15, 0.2) is 0 Å². The molecule has 1 rings (SSSR count). The first-order valence-corrected chi connectivity index (χ1v) is 6.70. The maximum atomic E-state index is 5.42. The van der Waals surface area contributed by atoms with E-state index < -0.39 is 0 Å². The van der Waals surface area contributed by atoms with Crippen molar-refractivity contribution in [2.75, 3.05) is 13.7 Å². The highest BCUT2D eigenvalue weighted by Gasteiger charge is 2.23. The van der Waals surface area contributed by atoms with Gasteiger partial charge in [0, 0.05) is 6.20 Å². The molecule has 0 aliphatic heterocycles. The van der Waals surface area contributed by atoms with Crippen molar-refractivity contribution in [3.05, 3.63) is 24.0 Å². The van der Waals surface area contributed by atoms with Gasteiger partial charge in [-0.25, -0.2) is 0 Å². The average Bonchev–Trinajstić information content (AvgIpc) is 2.33. The summed E-state index contributed by atoms with van der Waals surface area (Å²) >= 11 is 0. The van der Waals surface area contributed by atoms with Crippen LogP contribution in [0.2, 0.25) is 0 Å². The lowest BCUT2D eigenvalue weighted by Gasteiger charge is -2.27. The third-order valence-corrected chi connectivity index (χ3v) is 2.81. The van der Waals surface area contributed by atoms with Gasteiger partial charge in [0.2, 0.25) is 0 Å². The third kappa shape index (κ3) is 4.65. The van der Waals surface area contributed by atoms with Crippen molar-refractivity contribution in [3.8, 4) is 5.75 Å². The molecular formula is C15H26N2O. The van der Waals surface area contributed by atoms with Crippen LogP contribution in [0.4, 0.5) is 0 Å². The molecule has 18 heavy (non-hydrogen) atoms.